The van der Waals surface area contributed by atoms with E-state index in [1.54, 1.807) is 11.9 Å². The lowest BCUT2D eigenvalue weighted by atomic mass is 10.2. The van der Waals surface area contributed by atoms with Crippen LogP contribution in [0.5, 0.6) is 5.75 Å². The topological polar surface area (TPSA) is 41.6 Å². The first-order valence-electron chi connectivity index (χ1n) is 6.93. The molecule has 0 aromatic heterocycles. The van der Waals surface area contributed by atoms with Crippen LogP contribution >= 0.6 is 0 Å². The van der Waals surface area contributed by atoms with Crippen LogP contribution in [-0.4, -0.2) is 26.2 Å². The standard InChI is InChI=1S/C17H20N2O2/c1-14-8-6-7-11-16(14)21-13-12-18-17(20)19(2)15-9-4-3-5-10-15/h3-11H,12-13H2,1-2H3,(H,18,20). The van der Waals surface area contributed by atoms with Crippen LogP contribution in [0.4, 0.5) is 10.5 Å². The lowest BCUT2D eigenvalue weighted by Crippen LogP contribution is -2.39. The SMILES string of the molecule is Cc1ccccc1OCCNC(=O)N(C)c1ccccc1. The third-order valence-corrected chi connectivity index (χ3v) is 3.18. The summed E-state index contributed by atoms with van der Waals surface area (Å²) in [7, 11) is 1.74. The van der Waals surface area contributed by atoms with E-state index < -0.39 is 0 Å². The summed E-state index contributed by atoms with van der Waals surface area (Å²) in [5, 5.41) is 2.83. The molecular weight excluding hydrogens is 264 g/mol. The van der Waals surface area contributed by atoms with Gasteiger partial charge in [-0.15, -0.1) is 0 Å². The smallest absolute Gasteiger partial charge is 0.321 e. The van der Waals surface area contributed by atoms with Crippen molar-refractivity contribution in [2.45, 2.75) is 6.92 Å². The molecule has 4 heteroatoms. The maximum Gasteiger partial charge on any atom is 0.321 e. The van der Waals surface area contributed by atoms with Crippen LogP contribution in [0.15, 0.2) is 54.6 Å². The molecule has 0 fully saturated rings. The first-order valence-corrected chi connectivity index (χ1v) is 6.93. The third kappa shape index (κ3) is 4.24. The molecule has 0 unspecified atom stereocenters. The zero-order valence-corrected chi connectivity index (χ0v) is 12.4. The van der Waals surface area contributed by atoms with E-state index >= 15 is 0 Å². The molecule has 21 heavy (non-hydrogen) atoms. The zero-order valence-electron chi connectivity index (χ0n) is 12.4. The van der Waals surface area contributed by atoms with Gasteiger partial charge < -0.3 is 10.1 Å². The minimum Gasteiger partial charge on any atom is -0.491 e. The van der Waals surface area contributed by atoms with Crippen molar-refractivity contribution in [3.63, 3.8) is 0 Å². The van der Waals surface area contributed by atoms with Crippen molar-refractivity contribution in [2.75, 3.05) is 25.1 Å². The van der Waals surface area contributed by atoms with E-state index in [4.69, 9.17) is 4.74 Å². The molecular formula is C17H20N2O2. The predicted molar refractivity (Wildman–Crippen MR) is 84.9 cm³/mol. The summed E-state index contributed by atoms with van der Waals surface area (Å²) in [5.41, 5.74) is 1.94. The van der Waals surface area contributed by atoms with Gasteiger partial charge in [0.15, 0.2) is 0 Å². The van der Waals surface area contributed by atoms with E-state index in [-0.39, 0.29) is 6.03 Å². The van der Waals surface area contributed by atoms with Crippen LogP contribution in [-0.2, 0) is 0 Å². The molecule has 0 radical (unpaired) electrons. The molecule has 0 saturated heterocycles. The Morgan fingerprint density at radius 3 is 2.48 bits per heavy atom. The van der Waals surface area contributed by atoms with Gasteiger partial charge in [-0.2, -0.15) is 0 Å². The Balaban J connectivity index is 1.76. The summed E-state index contributed by atoms with van der Waals surface area (Å²) in [6.45, 7) is 2.90. The molecule has 0 aliphatic heterocycles. The molecule has 0 atom stereocenters. The molecule has 110 valence electrons. The molecule has 0 spiro atoms. The Bertz CT molecular complexity index is 584. The summed E-state index contributed by atoms with van der Waals surface area (Å²) < 4.78 is 5.64. The van der Waals surface area contributed by atoms with Crippen LogP contribution in [0.2, 0.25) is 0 Å². The summed E-state index contributed by atoms with van der Waals surface area (Å²) in [5.74, 6) is 0.850. The number of carbonyl (C=O) groups excluding carboxylic acids is 1. The number of rotatable bonds is 5. The van der Waals surface area contributed by atoms with Crippen LogP contribution in [0, 0.1) is 6.92 Å². The van der Waals surface area contributed by atoms with Crippen molar-refractivity contribution >= 4 is 11.7 Å². The first-order chi connectivity index (χ1) is 10.2. The summed E-state index contributed by atoms with van der Waals surface area (Å²) >= 11 is 0. The van der Waals surface area contributed by atoms with Crippen LogP contribution in [0.25, 0.3) is 0 Å². The van der Waals surface area contributed by atoms with Gasteiger partial charge in [-0.3, -0.25) is 4.90 Å². The van der Waals surface area contributed by atoms with Gasteiger partial charge in [-0.25, -0.2) is 4.79 Å². The normalized spacial score (nSPS) is 10.0. The van der Waals surface area contributed by atoms with Gasteiger partial charge in [0.1, 0.15) is 12.4 Å². The molecule has 0 bridgehead atoms. The second-order valence-electron chi connectivity index (χ2n) is 4.74. The van der Waals surface area contributed by atoms with Crippen LogP contribution < -0.4 is 15.0 Å². The van der Waals surface area contributed by atoms with Crippen molar-refractivity contribution in [3.05, 3.63) is 60.2 Å². The van der Waals surface area contributed by atoms with Gasteiger partial charge in [0.25, 0.3) is 0 Å². The number of ether oxygens (including phenoxy) is 1. The number of amides is 2. The van der Waals surface area contributed by atoms with Gasteiger partial charge in [0, 0.05) is 12.7 Å². The van der Waals surface area contributed by atoms with Crippen molar-refractivity contribution in [1.29, 1.82) is 0 Å². The molecule has 2 amide bonds. The Hall–Kier alpha value is -2.49. The highest BCUT2D eigenvalue weighted by Gasteiger charge is 2.09. The monoisotopic (exact) mass is 284 g/mol. The van der Waals surface area contributed by atoms with E-state index in [9.17, 15) is 4.79 Å². The number of hydrogen-bond acceptors (Lipinski definition) is 2. The van der Waals surface area contributed by atoms with Gasteiger partial charge >= 0.3 is 6.03 Å². The molecule has 2 aromatic rings. The van der Waals surface area contributed by atoms with Crippen LogP contribution in [0.3, 0.4) is 0 Å². The van der Waals surface area contributed by atoms with Crippen molar-refractivity contribution in [1.82, 2.24) is 5.32 Å². The van der Waals surface area contributed by atoms with E-state index in [0.717, 1.165) is 17.0 Å². The summed E-state index contributed by atoms with van der Waals surface area (Å²) in [6.07, 6.45) is 0. The lowest BCUT2D eigenvalue weighted by molar-refractivity contribution is 0.243. The Kier molecular flexibility index (Phi) is 5.21. The number of aryl methyl sites for hydroxylation is 1. The second kappa shape index (κ2) is 7.33. The fraction of sp³-hybridized carbons (Fsp3) is 0.235. The number of nitrogens with zero attached hydrogens (tertiary/aromatic N) is 1. The predicted octanol–water partition coefficient (Wildman–Crippen LogP) is 3.22. The first kappa shape index (κ1) is 14.9. The van der Waals surface area contributed by atoms with Crippen molar-refractivity contribution < 1.29 is 9.53 Å². The number of nitrogens with one attached hydrogen (secondary N) is 1. The van der Waals surface area contributed by atoms with Gasteiger partial charge in [-0.05, 0) is 30.7 Å². The molecule has 0 aliphatic carbocycles. The van der Waals surface area contributed by atoms with Crippen molar-refractivity contribution in [3.8, 4) is 5.75 Å². The Labute approximate surface area is 125 Å². The molecule has 0 heterocycles. The van der Waals surface area contributed by atoms with Gasteiger partial charge in [0.05, 0.1) is 6.54 Å². The van der Waals surface area contributed by atoms with Gasteiger partial charge in [0.2, 0.25) is 0 Å². The quantitative estimate of drug-likeness (QED) is 0.857. The maximum absolute atomic E-state index is 12.0. The molecule has 4 nitrogen and oxygen atoms in total. The Morgan fingerprint density at radius 1 is 1.10 bits per heavy atom. The summed E-state index contributed by atoms with van der Waals surface area (Å²) in [6, 6.07) is 17.2. The fourth-order valence-corrected chi connectivity index (χ4v) is 1.92. The molecule has 2 rings (SSSR count). The molecule has 1 N–H and O–H groups in total. The van der Waals surface area contributed by atoms with E-state index in [0.29, 0.717) is 13.2 Å². The number of carbonyl (C=O) groups is 1. The highest BCUT2D eigenvalue weighted by atomic mass is 16.5. The number of urea groups is 1. The number of anilines is 1. The Morgan fingerprint density at radius 2 is 1.76 bits per heavy atom. The van der Waals surface area contributed by atoms with Crippen molar-refractivity contribution in [2.24, 2.45) is 0 Å². The maximum atomic E-state index is 12.0. The zero-order chi connectivity index (χ0) is 15.1. The largest absolute Gasteiger partial charge is 0.491 e. The molecule has 0 saturated carbocycles. The van der Waals surface area contributed by atoms with E-state index in [1.165, 1.54) is 0 Å². The van der Waals surface area contributed by atoms with E-state index in [1.807, 2.05) is 61.5 Å². The fourth-order valence-electron chi connectivity index (χ4n) is 1.92. The highest BCUT2D eigenvalue weighted by Crippen LogP contribution is 2.15. The third-order valence-electron chi connectivity index (χ3n) is 3.18. The minimum absolute atomic E-state index is 0.144. The average molecular weight is 284 g/mol. The number of para-hydroxylation sites is 2. The molecule has 2 aromatic carbocycles. The average Bonchev–Trinajstić information content (AvgIpc) is 2.53. The summed E-state index contributed by atoms with van der Waals surface area (Å²) in [4.78, 5) is 13.6. The lowest BCUT2D eigenvalue weighted by Gasteiger charge is -2.18. The van der Waals surface area contributed by atoms with E-state index in [2.05, 4.69) is 5.32 Å². The van der Waals surface area contributed by atoms with Gasteiger partial charge in [-0.1, -0.05) is 36.4 Å². The molecule has 0 aliphatic rings. The number of hydrogen-bond donors (Lipinski definition) is 1. The van der Waals surface area contributed by atoms with Crippen LogP contribution in [0.1, 0.15) is 5.56 Å². The highest BCUT2D eigenvalue weighted by molar-refractivity contribution is 5.91. The number of benzene rings is 2. The minimum atomic E-state index is -0.144. The second-order valence-corrected chi connectivity index (χ2v) is 4.74.